The zero-order valence-corrected chi connectivity index (χ0v) is 7.42. The van der Waals surface area contributed by atoms with Gasteiger partial charge in [-0.3, -0.25) is 0 Å². The Morgan fingerprint density at radius 3 is 3.00 bits per heavy atom. The predicted molar refractivity (Wildman–Crippen MR) is 48.9 cm³/mol. The Labute approximate surface area is 73.7 Å². The van der Waals surface area contributed by atoms with Crippen LogP contribution in [0.3, 0.4) is 0 Å². The van der Waals surface area contributed by atoms with Gasteiger partial charge >= 0.3 is 0 Å². The highest BCUT2D eigenvalue weighted by atomic mass is 16.3. The van der Waals surface area contributed by atoms with Crippen molar-refractivity contribution in [2.24, 2.45) is 5.92 Å². The van der Waals surface area contributed by atoms with Crippen molar-refractivity contribution in [3.05, 3.63) is 11.6 Å². The number of nitrogens with one attached hydrogen (secondary N) is 1. The summed E-state index contributed by atoms with van der Waals surface area (Å²) in [4.78, 5) is 0. The van der Waals surface area contributed by atoms with Crippen LogP contribution < -0.4 is 5.32 Å². The smallest absolute Gasteiger partial charge is 0.0707 e. The van der Waals surface area contributed by atoms with Gasteiger partial charge in [0.15, 0.2) is 0 Å². The number of β-amino-alcohol motifs (C(OH)–C–C–N with tert-alkyl or cyclic N) is 1. The molecule has 2 atom stereocenters. The van der Waals surface area contributed by atoms with Crippen LogP contribution in [0.2, 0.25) is 0 Å². The summed E-state index contributed by atoms with van der Waals surface area (Å²) in [7, 11) is 0. The summed E-state index contributed by atoms with van der Waals surface area (Å²) in [5, 5.41) is 12.8. The van der Waals surface area contributed by atoms with Crippen LogP contribution in [0.4, 0.5) is 0 Å². The summed E-state index contributed by atoms with van der Waals surface area (Å²) in [5.41, 5.74) is 1.57. The molecule has 12 heavy (non-hydrogen) atoms. The molecule has 2 nitrogen and oxygen atoms in total. The highest BCUT2D eigenvalue weighted by Gasteiger charge is 2.25. The van der Waals surface area contributed by atoms with Crippen LogP contribution in [0.1, 0.15) is 25.7 Å². The van der Waals surface area contributed by atoms with Crippen molar-refractivity contribution in [2.45, 2.75) is 31.8 Å². The Morgan fingerprint density at radius 2 is 2.42 bits per heavy atom. The molecular formula is C10H17NO. The van der Waals surface area contributed by atoms with Crippen molar-refractivity contribution in [1.29, 1.82) is 0 Å². The fourth-order valence-electron chi connectivity index (χ4n) is 2.19. The molecule has 0 amide bonds. The molecule has 1 saturated heterocycles. The lowest BCUT2D eigenvalue weighted by atomic mass is 9.96. The zero-order valence-electron chi connectivity index (χ0n) is 7.42. The van der Waals surface area contributed by atoms with E-state index in [4.69, 9.17) is 0 Å². The second-order valence-electron chi connectivity index (χ2n) is 3.94. The Bertz CT molecular complexity index is 188. The second kappa shape index (κ2) is 3.58. The minimum Gasteiger partial charge on any atom is -0.391 e. The molecule has 1 heterocycles. The number of hydrogen-bond acceptors (Lipinski definition) is 2. The van der Waals surface area contributed by atoms with E-state index in [2.05, 4.69) is 11.4 Å². The molecule has 0 aromatic rings. The van der Waals surface area contributed by atoms with Gasteiger partial charge in [0, 0.05) is 19.0 Å². The Morgan fingerprint density at radius 1 is 1.50 bits per heavy atom. The van der Waals surface area contributed by atoms with Gasteiger partial charge in [0.1, 0.15) is 0 Å². The number of hydrogen-bond donors (Lipinski definition) is 2. The van der Waals surface area contributed by atoms with Gasteiger partial charge in [-0.05, 0) is 25.7 Å². The van der Waals surface area contributed by atoms with Crippen molar-refractivity contribution in [1.82, 2.24) is 5.32 Å². The van der Waals surface area contributed by atoms with Gasteiger partial charge in [-0.15, -0.1) is 0 Å². The van der Waals surface area contributed by atoms with Crippen LogP contribution in [-0.4, -0.2) is 24.3 Å². The van der Waals surface area contributed by atoms with Gasteiger partial charge in [0.2, 0.25) is 0 Å². The molecule has 0 radical (unpaired) electrons. The van der Waals surface area contributed by atoms with Crippen LogP contribution >= 0.6 is 0 Å². The lowest BCUT2D eigenvalue weighted by Crippen LogP contribution is -2.18. The fourth-order valence-corrected chi connectivity index (χ4v) is 2.19. The maximum Gasteiger partial charge on any atom is 0.0707 e. The van der Waals surface area contributed by atoms with Gasteiger partial charge in [0.25, 0.3) is 0 Å². The van der Waals surface area contributed by atoms with E-state index < -0.39 is 0 Å². The maximum atomic E-state index is 9.56. The van der Waals surface area contributed by atoms with E-state index in [9.17, 15) is 5.11 Å². The highest BCUT2D eigenvalue weighted by molar-refractivity contribution is 5.09. The third kappa shape index (κ3) is 1.70. The molecule has 2 aliphatic rings. The van der Waals surface area contributed by atoms with E-state index in [1.54, 1.807) is 5.57 Å². The molecule has 2 unspecified atom stereocenters. The highest BCUT2D eigenvalue weighted by Crippen LogP contribution is 2.26. The minimum absolute atomic E-state index is 0.105. The molecule has 0 spiro atoms. The van der Waals surface area contributed by atoms with Crippen molar-refractivity contribution >= 4 is 0 Å². The number of aliphatic hydroxyl groups excluding tert-OH is 1. The van der Waals surface area contributed by atoms with Crippen molar-refractivity contribution < 1.29 is 5.11 Å². The summed E-state index contributed by atoms with van der Waals surface area (Å²) in [5.74, 6) is 0.481. The average Bonchev–Trinajstić information content (AvgIpc) is 2.65. The molecule has 0 aromatic carbocycles. The second-order valence-corrected chi connectivity index (χ2v) is 3.94. The third-order valence-corrected chi connectivity index (χ3v) is 2.96. The van der Waals surface area contributed by atoms with E-state index >= 15 is 0 Å². The van der Waals surface area contributed by atoms with Crippen LogP contribution in [-0.2, 0) is 0 Å². The Hall–Kier alpha value is -0.340. The average molecular weight is 167 g/mol. The first-order valence-electron chi connectivity index (χ1n) is 4.93. The largest absolute Gasteiger partial charge is 0.391 e. The van der Waals surface area contributed by atoms with Gasteiger partial charge in [-0.25, -0.2) is 0 Å². The van der Waals surface area contributed by atoms with Gasteiger partial charge < -0.3 is 10.4 Å². The first kappa shape index (κ1) is 8.27. The topological polar surface area (TPSA) is 32.3 Å². The zero-order chi connectivity index (χ0) is 8.39. The minimum atomic E-state index is -0.105. The summed E-state index contributed by atoms with van der Waals surface area (Å²) in [6, 6.07) is 0. The monoisotopic (exact) mass is 167 g/mol. The SMILES string of the molecule is OC1CNCC1CC1=CCCC1. The lowest BCUT2D eigenvalue weighted by Gasteiger charge is -2.13. The molecule has 0 saturated carbocycles. The van der Waals surface area contributed by atoms with Crippen molar-refractivity contribution in [3.8, 4) is 0 Å². The molecule has 1 aliphatic carbocycles. The molecule has 1 aliphatic heterocycles. The quantitative estimate of drug-likeness (QED) is 0.603. The summed E-state index contributed by atoms with van der Waals surface area (Å²) in [6.07, 6.45) is 7.21. The molecular weight excluding hydrogens is 150 g/mol. The van der Waals surface area contributed by atoms with Gasteiger partial charge in [-0.2, -0.15) is 0 Å². The van der Waals surface area contributed by atoms with Gasteiger partial charge in [0.05, 0.1) is 6.10 Å². The lowest BCUT2D eigenvalue weighted by molar-refractivity contribution is 0.147. The standard InChI is InChI=1S/C10H17NO/c12-10-7-11-6-9(10)5-8-3-1-2-4-8/h3,9-12H,1-2,4-7H2. The molecule has 0 aromatic heterocycles. The van der Waals surface area contributed by atoms with Crippen LogP contribution in [0, 0.1) is 5.92 Å². The molecule has 2 rings (SSSR count). The Balaban J connectivity index is 1.85. The Kier molecular flexibility index (Phi) is 2.47. The van der Waals surface area contributed by atoms with E-state index in [0.717, 1.165) is 19.5 Å². The van der Waals surface area contributed by atoms with E-state index in [-0.39, 0.29) is 6.10 Å². The van der Waals surface area contributed by atoms with Crippen LogP contribution in [0.25, 0.3) is 0 Å². The van der Waals surface area contributed by atoms with E-state index in [1.807, 2.05) is 0 Å². The molecule has 2 N–H and O–H groups in total. The molecule has 1 fully saturated rings. The molecule has 0 bridgehead atoms. The van der Waals surface area contributed by atoms with Gasteiger partial charge in [-0.1, -0.05) is 11.6 Å². The normalized spacial score (nSPS) is 35.6. The van der Waals surface area contributed by atoms with Crippen LogP contribution in [0.15, 0.2) is 11.6 Å². The van der Waals surface area contributed by atoms with E-state index in [1.165, 1.54) is 19.3 Å². The predicted octanol–water partition coefficient (Wildman–Crippen LogP) is 1.07. The summed E-state index contributed by atoms with van der Waals surface area (Å²) >= 11 is 0. The third-order valence-electron chi connectivity index (χ3n) is 2.96. The molecule has 2 heteroatoms. The first-order valence-corrected chi connectivity index (χ1v) is 4.93. The van der Waals surface area contributed by atoms with Crippen molar-refractivity contribution in [2.75, 3.05) is 13.1 Å². The fraction of sp³-hybridized carbons (Fsp3) is 0.800. The maximum absolute atomic E-state index is 9.56. The van der Waals surface area contributed by atoms with Crippen LogP contribution in [0.5, 0.6) is 0 Å². The summed E-state index contributed by atoms with van der Waals surface area (Å²) < 4.78 is 0. The van der Waals surface area contributed by atoms with E-state index in [0.29, 0.717) is 5.92 Å². The van der Waals surface area contributed by atoms with Crippen molar-refractivity contribution in [3.63, 3.8) is 0 Å². The molecule has 68 valence electrons. The number of rotatable bonds is 2. The summed E-state index contributed by atoms with van der Waals surface area (Å²) in [6.45, 7) is 1.79. The number of aliphatic hydroxyl groups is 1. The first-order chi connectivity index (χ1) is 5.86. The number of allylic oxidation sites excluding steroid dienone is 2.